The Balaban J connectivity index is 1.48. The van der Waals surface area contributed by atoms with Gasteiger partial charge in [0.2, 0.25) is 0 Å². The van der Waals surface area contributed by atoms with Gasteiger partial charge in [-0.05, 0) is 95.7 Å². The van der Waals surface area contributed by atoms with Gasteiger partial charge in [0.05, 0.1) is 0 Å². The first kappa shape index (κ1) is 18.1. The van der Waals surface area contributed by atoms with Crippen molar-refractivity contribution in [2.75, 3.05) is 19.0 Å². The zero-order valence-corrected chi connectivity index (χ0v) is 18.6. The second-order valence-corrected chi connectivity index (χ2v) is 10.9. The number of hydrogen-bond acceptors (Lipinski definition) is 1. The number of nitrogens with zero attached hydrogens (tertiary/aromatic N) is 1. The normalized spacial score (nSPS) is 31.7. The second-order valence-electron chi connectivity index (χ2n) is 10.9. The van der Waals surface area contributed by atoms with Crippen LogP contribution in [0.3, 0.4) is 0 Å². The molecule has 5 aliphatic rings. The molecule has 1 heteroatoms. The lowest BCUT2D eigenvalue weighted by atomic mass is 9.43. The van der Waals surface area contributed by atoms with Gasteiger partial charge < -0.3 is 4.90 Å². The summed E-state index contributed by atoms with van der Waals surface area (Å²) in [4.78, 5) is 2.25. The third-order valence-corrected chi connectivity index (χ3v) is 9.25. The smallest absolute Gasteiger partial charge is 0.0440 e. The molecule has 0 N–H and O–H groups in total. The van der Waals surface area contributed by atoms with Crippen LogP contribution in [0.4, 0.5) is 5.69 Å². The number of hydrogen-bond donors (Lipinski definition) is 0. The van der Waals surface area contributed by atoms with Gasteiger partial charge in [-0.1, -0.05) is 54.6 Å². The topological polar surface area (TPSA) is 3.24 Å². The molecule has 0 amide bonds. The lowest BCUT2D eigenvalue weighted by Crippen LogP contribution is -2.55. The minimum Gasteiger partial charge on any atom is -0.377 e. The van der Waals surface area contributed by atoms with Crippen molar-refractivity contribution in [1.29, 1.82) is 0 Å². The summed E-state index contributed by atoms with van der Waals surface area (Å²) in [5.74, 6) is 3.62. The first-order chi connectivity index (χ1) is 15.2. The molecular formula is C30H31N. The van der Waals surface area contributed by atoms with E-state index in [-0.39, 0.29) is 5.41 Å². The molecule has 3 aromatic rings. The van der Waals surface area contributed by atoms with E-state index < -0.39 is 0 Å². The van der Waals surface area contributed by atoms with Crippen LogP contribution in [0.5, 0.6) is 0 Å². The molecule has 0 aromatic heterocycles. The third-order valence-electron chi connectivity index (χ3n) is 9.25. The quantitative estimate of drug-likeness (QED) is 0.438. The summed E-state index contributed by atoms with van der Waals surface area (Å²) in [6.45, 7) is 0. The highest BCUT2D eigenvalue weighted by atomic mass is 15.1. The van der Waals surface area contributed by atoms with E-state index in [0.717, 1.165) is 23.7 Å². The van der Waals surface area contributed by atoms with E-state index in [4.69, 9.17) is 0 Å². The van der Waals surface area contributed by atoms with E-state index in [1.807, 2.05) is 0 Å². The Bertz CT molecular complexity index is 1160. The number of anilines is 1. The third kappa shape index (κ3) is 2.27. The van der Waals surface area contributed by atoms with Crippen molar-refractivity contribution in [3.8, 4) is 22.3 Å². The van der Waals surface area contributed by atoms with Gasteiger partial charge >= 0.3 is 0 Å². The van der Waals surface area contributed by atoms with Gasteiger partial charge in [-0.2, -0.15) is 0 Å². The van der Waals surface area contributed by atoms with Crippen LogP contribution in [0, 0.1) is 23.7 Å². The fourth-order valence-corrected chi connectivity index (χ4v) is 8.43. The van der Waals surface area contributed by atoms with Crippen LogP contribution in [0.2, 0.25) is 0 Å². The van der Waals surface area contributed by atoms with E-state index in [2.05, 4.69) is 85.7 Å². The first-order valence-electron chi connectivity index (χ1n) is 12.2. The van der Waals surface area contributed by atoms with Crippen molar-refractivity contribution in [2.45, 2.75) is 37.5 Å². The molecule has 0 saturated heterocycles. The monoisotopic (exact) mass is 405 g/mol. The summed E-state index contributed by atoms with van der Waals surface area (Å²) in [5, 5.41) is 0. The molecule has 4 bridgehead atoms. The van der Waals surface area contributed by atoms with Crippen molar-refractivity contribution in [2.24, 2.45) is 23.7 Å². The van der Waals surface area contributed by atoms with Gasteiger partial charge in [-0.25, -0.2) is 0 Å². The highest BCUT2D eigenvalue weighted by Crippen LogP contribution is 2.69. The first-order valence-corrected chi connectivity index (χ1v) is 12.2. The molecule has 4 saturated carbocycles. The highest BCUT2D eigenvalue weighted by Gasteiger charge is 2.61. The number of para-hydroxylation sites is 1. The van der Waals surface area contributed by atoms with Gasteiger partial charge in [-0.15, -0.1) is 0 Å². The average Bonchev–Trinajstić information content (AvgIpc) is 3.07. The summed E-state index contributed by atoms with van der Waals surface area (Å²) < 4.78 is 0. The molecule has 1 nitrogen and oxygen atoms in total. The summed E-state index contributed by atoms with van der Waals surface area (Å²) >= 11 is 0. The number of rotatable bonds is 2. The fraction of sp³-hybridized carbons (Fsp3) is 0.400. The molecule has 4 fully saturated rings. The minimum atomic E-state index is 0.252. The molecule has 0 atom stereocenters. The summed E-state index contributed by atoms with van der Waals surface area (Å²) in [5.41, 5.74) is 10.6. The van der Waals surface area contributed by atoms with Crippen LogP contribution in [-0.4, -0.2) is 14.1 Å². The maximum atomic E-state index is 2.60. The number of fused-ring (bicyclic) bond motifs is 3. The van der Waals surface area contributed by atoms with Crippen molar-refractivity contribution >= 4 is 5.69 Å². The van der Waals surface area contributed by atoms with Crippen molar-refractivity contribution in [1.82, 2.24) is 0 Å². The predicted molar refractivity (Wildman–Crippen MR) is 129 cm³/mol. The Kier molecular flexibility index (Phi) is 3.64. The highest BCUT2D eigenvalue weighted by molar-refractivity contribution is 5.87. The lowest BCUT2D eigenvalue weighted by molar-refractivity contribution is -0.0399. The Hall–Kier alpha value is -2.54. The van der Waals surface area contributed by atoms with Gasteiger partial charge in [-0.3, -0.25) is 0 Å². The molecule has 1 spiro atoms. The van der Waals surface area contributed by atoms with E-state index >= 15 is 0 Å². The summed E-state index contributed by atoms with van der Waals surface area (Å²) in [6, 6.07) is 25.7. The summed E-state index contributed by atoms with van der Waals surface area (Å²) in [6.07, 6.45) is 7.28. The van der Waals surface area contributed by atoms with E-state index in [1.54, 1.807) is 11.1 Å². The SMILES string of the molecule is CN(C)c1ccccc1-c1ccc2c(c1)C1(c3ccccc3-2)C2CC3CC(C2)CC1C3. The largest absolute Gasteiger partial charge is 0.377 e. The molecule has 0 heterocycles. The minimum absolute atomic E-state index is 0.252. The second kappa shape index (κ2) is 6.25. The maximum absolute atomic E-state index is 2.60. The molecule has 31 heavy (non-hydrogen) atoms. The van der Waals surface area contributed by atoms with Crippen molar-refractivity contribution < 1.29 is 0 Å². The van der Waals surface area contributed by atoms with E-state index in [1.165, 1.54) is 60.0 Å². The molecule has 3 aromatic carbocycles. The molecule has 8 rings (SSSR count). The van der Waals surface area contributed by atoms with E-state index in [0.29, 0.717) is 0 Å². The van der Waals surface area contributed by atoms with Gasteiger partial charge in [0.1, 0.15) is 0 Å². The fourth-order valence-electron chi connectivity index (χ4n) is 8.43. The zero-order valence-electron chi connectivity index (χ0n) is 18.6. The Morgan fingerprint density at radius 1 is 0.645 bits per heavy atom. The molecule has 156 valence electrons. The van der Waals surface area contributed by atoms with E-state index in [9.17, 15) is 0 Å². The predicted octanol–water partition coefficient (Wildman–Crippen LogP) is 7.14. The standard InChI is InChI=1S/C30H31N/c1-31(2)29-10-6-4-7-24(29)21-11-12-26-25-8-3-5-9-27(25)30(28(26)18-21)22-14-19-13-20(16-22)17-23(30)15-19/h3-12,18-20,22-23H,13-17H2,1-2H3. The average molecular weight is 406 g/mol. The zero-order chi connectivity index (χ0) is 20.7. The summed E-state index contributed by atoms with van der Waals surface area (Å²) in [7, 11) is 4.31. The molecule has 0 unspecified atom stereocenters. The van der Waals surface area contributed by atoms with Gasteiger partial charge in [0, 0.05) is 30.8 Å². The molecule has 0 radical (unpaired) electrons. The van der Waals surface area contributed by atoms with Crippen molar-refractivity contribution in [3.05, 3.63) is 77.9 Å². The molecule has 5 aliphatic carbocycles. The van der Waals surface area contributed by atoms with Gasteiger partial charge in [0.25, 0.3) is 0 Å². The lowest BCUT2D eigenvalue weighted by Gasteiger charge is -2.61. The maximum Gasteiger partial charge on any atom is 0.0440 e. The Morgan fingerprint density at radius 3 is 1.97 bits per heavy atom. The van der Waals surface area contributed by atoms with Crippen molar-refractivity contribution in [3.63, 3.8) is 0 Å². The Labute approximate surface area is 186 Å². The van der Waals surface area contributed by atoms with Crippen LogP contribution < -0.4 is 4.90 Å². The Morgan fingerprint density at radius 2 is 1.26 bits per heavy atom. The van der Waals surface area contributed by atoms with Gasteiger partial charge in [0.15, 0.2) is 0 Å². The van der Waals surface area contributed by atoms with Crippen LogP contribution in [0.25, 0.3) is 22.3 Å². The number of benzene rings is 3. The van der Waals surface area contributed by atoms with Crippen LogP contribution in [0.15, 0.2) is 66.7 Å². The van der Waals surface area contributed by atoms with Crippen LogP contribution in [0.1, 0.15) is 43.2 Å². The molecular weight excluding hydrogens is 374 g/mol. The van der Waals surface area contributed by atoms with Crippen LogP contribution >= 0.6 is 0 Å². The molecule has 0 aliphatic heterocycles. The van der Waals surface area contributed by atoms with Crippen LogP contribution in [-0.2, 0) is 5.41 Å².